The summed E-state index contributed by atoms with van der Waals surface area (Å²) >= 11 is 5.56. The monoisotopic (exact) mass is 991 g/mol. The highest BCUT2D eigenvalue weighted by molar-refractivity contribution is 7.80. The Bertz CT molecular complexity index is 2410. The second-order valence-electron chi connectivity index (χ2n) is 22.4. The Hall–Kier alpha value is -4.89. The van der Waals surface area contributed by atoms with Crippen LogP contribution in [0.4, 0.5) is 10.5 Å². The predicted molar refractivity (Wildman–Crippen MR) is 282 cm³/mol. The quantitative estimate of drug-likeness (QED) is 0.0247. The number of hydrogen-bond acceptors (Lipinski definition) is 11. The van der Waals surface area contributed by atoms with Crippen molar-refractivity contribution in [3.63, 3.8) is 0 Å². The molecule has 1 amide bonds. The molecule has 3 fully saturated rings. The van der Waals surface area contributed by atoms with Gasteiger partial charge in [0.1, 0.15) is 29.1 Å². The highest BCUT2D eigenvalue weighted by atomic mass is 32.1. The van der Waals surface area contributed by atoms with Gasteiger partial charge in [0.15, 0.2) is 10.7 Å². The van der Waals surface area contributed by atoms with Crippen molar-refractivity contribution < 1.29 is 34.0 Å². The second-order valence-corrected chi connectivity index (χ2v) is 22.8. The van der Waals surface area contributed by atoms with Crippen LogP contribution in [0.1, 0.15) is 132 Å². The topological polar surface area (TPSA) is 174 Å². The van der Waals surface area contributed by atoms with Crippen molar-refractivity contribution in [2.45, 2.75) is 117 Å². The zero-order chi connectivity index (χ0) is 49.9. The Morgan fingerprint density at radius 1 is 0.775 bits per heavy atom. The predicted octanol–water partition coefficient (Wildman–Crippen LogP) is 9.86. The molecule has 6 aliphatic rings. The third kappa shape index (κ3) is 10.5. The zero-order valence-electron chi connectivity index (χ0n) is 42.6. The number of anilines is 1. The summed E-state index contributed by atoms with van der Waals surface area (Å²) in [6.07, 6.45) is 16.1. The number of carbonyl (C=O) groups is 2. The molecule has 71 heavy (non-hydrogen) atoms. The van der Waals surface area contributed by atoms with Crippen molar-refractivity contribution in [3.05, 3.63) is 88.5 Å². The minimum absolute atomic E-state index is 0.000742. The first kappa shape index (κ1) is 51.0. The van der Waals surface area contributed by atoms with E-state index < -0.39 is 11.6 Å². The fraction of sp³-hybridized carbons (Fsp3) is 0.596. The molecule has 2 heterocycles. The Balaban J connectivity index is 0.619. The molecule has 8 atom stereocenters. The largest absolute Gasteiger partial charge is 0.508 e. The van der Waals surface area contributed by atoms with Gasteiger partial charge in [-0.2, -0.15) is 0 Å². The fourth-order valence-electron chi connectivity index (χ4n) is 14.2. The summed E-state index contributed by atoms with van der Waals surface area (Å²) in [6, 6.07) is 14.7. The third-order valence-corrected chi connectivity index (χ3v) is 17.9. The molecule has 2 aliphatic heterocycles. The first-order valence-electron chi connectivity index (χ1n) is 26.7. The van der Waals surface area contributed by atoms with Crippen LogP contribution in [-0.2, 0) is 15.1 Å². The molecule has 9 rings (SSSR count). The third-order valence-electron chi connectivity index (χ3n) is 17.7. The summed E-state index contributed by atoms with van der Waals surface area (Å²) in [5.74, 6) is 5.09. The van der Waals surface area contributed by atoms with E-state index in [0.717, 1.165) is 80.9 Å². The van der Waals surface area contributed by atoms with Crippen molar-refractivity contribution in [1.82, 2.24) is 26.6 Å². The molecular formula is C57H78N6O7S. The minimum atomic E-state index is -1.32. The molecule has 3 saturated carbocycles. The molecule has 14 heteroatoms. The van der Waals surface area contributed by atoms with Crippen molar-refractivity contribution in [2.75, 3.05) is 57.7 Å². The number of fused-ring (bicyclic) bond motifs is 11. The molecule has 384 valence electrons. The molecule has 4 aliphatic carbocycles. The first-order valence-corrected chi connectivity index (χ1v) is 27.1. The van der Waals surface area contributed by atoms with Crippen molar-refractivity contribution in [3.8, 4) is 23.0 Å². The number of rotatable bonds is 19. The minimum Gasteiger partial charge on any atom is -0.508 e. The van der Waals surface area contributed by atoms with Gasteiger partial charge in [0, 0.05) is 93.3 Å². The van der Waals surface area contributed by atoms with E-state index in [-0.39, 0.29) is 29.1 Å². The molecule has 3 aromatic carbocycles. The van der Waals surface area contributed by atoms with E-state index in [0.29, 0.717) is 76.1 Å². The van der Waals surface area contributed by atoms with Gasteiger partial charge in [-0.1, -0.05) is 71.6 Å². The van der Waals surface area contributed by atoms with Crippen molar-refractivity contribution >= 4 is 35.1 Å². The number of nitrogens with one attached hydrogen (secondary N) is 6. The molecule has 0 aromatic heterocycles. The van der Waals surface area contributed by atoms with Crippen LogP contribution < -0.4 is 36.6 Å². The molecule has 3 aromatic rings. The van der Waals surface area contributed by atoms with Gasteiger partial charge in [-0.15, -0.1) is 0 Å². The van der Waals surface area contributed by atoms with E-state index in [1.165, 1.54) is 75.6 Å². The van der Waals surface area contributed by atoms with E-state index in [1.807, 2.05) is 12.1 Å². The number of benzene rings is 3. The highest BCUT2D eigenvalue weighted by Crippen LogP contribution is 2.67. The van der Waals surface area contributed by atoms with E-state index in [4.69, 9.17) is 26.4 Å². The van der Waals surface area contributed by atoms with Gasteiger partial charge < -0.3 is 56.3 Å². The number of thiocarbonyl (C=S) groups is 1. The number of ether oxygens (including phenoxy) is 3. The average Bonchev–Trinajstić information content (AvgIpc) is 3.83. The Morgan fingerprint density at radius 3 is 2.10 bits per heavy atom. The zero-order valence-corrected chi connectivity index (χ0v) is 43.4. The lowest BCUT2D eigenvalue weighted by Crippen LogP contribution is -2.51. The number of amides is 1. The van der Waals surface area contributed by atoms with Crippen LogP contribution in [0, 0.1) is 46.3 Å². The van der Waals surface area contributed by atoms with Crippen molar-refractivity contribution in [1.29, 1.82) is 0 Å². The average molecular weight is 991 g/mol. The summed E-state index contributed by atoms with van der Waals surface area (Å²) in [7, 11) is 0. The fourth-order valence-corrected chi connectivity index (χ4v) is 14.4. The molecule has 8 N–H and O–H groups in total. The molecular weight excluding hydrogens is 913 g/mol. The van der Waals surface area contributed by atoms with Crippen LogP contribution in [-0.4, -0.2) is 85.9 Å². The normalized spacial score (nSPS) is 26.9. The molecule has 1 spiro atoms. The maximum absolute atomic E-state index is 13.5. The van der Waals surface area contributed by atoms with Crippen LogP contribution in [0.2, 0.25) is 0 Å². The lowest BCUT2D eigenvalue weighted by molar-refractivity contribution is -0.0581. The molecule has 13 nitrogen and oxygen atoms in total. The van der Waals surface area contributed by atoms with Gasteiger partial charge in [-0.3, -0.25) is 0 Å². The SMILES string of the molecule is CC(C)CCC[C@@H](C)[C@H]1CC[C@H]2[C@@H]3CC=C4C[C@@H](OC(=O)NCCNCCNCCNCCNC(=S)Nc5ccc6c(c5)C(=O)OC65c6ccc(O)cc6Oc6cc(O)ccc65)CC[C@]4(C)[C@H]3CC[C@]12C. The van der Waals surface area contributed by atoms with Gasteiger partial charge >= 0.3 is 12.1 Å². The van der Waals surface area contributed by atoms with E-state index in [2.05, 4.69) is 72.6 Å². The van der Waals surface area contributed by atoms with E-state index in [9.17, 15) is 19.8 Å². The van der Waals surface area contributed by atoms with Crippen LogP contribution in [0.25, 0.3) is 0 Å². The van der Waals surface area contributed by atoms with Crippen molar-refractivity contribution in [2.24, 2.45) is 46.3 Å². The Kier molecular flexibility index (Phi) is 15.6. The van der Waals surface area contributed by atoms with Gasteiger partial charge in [0.05, 0.1) is 5.56 Å². The molecule has 0 bridgehead atoms. The first-order chi connectivity index (χ1) is 34.2. The summed E-state index contributed by atoms with van der Waals surface area (Å²) < 4.78 is 18.2. The van der Waals surface area contributed by atoms with Gasteiger partial charge in [-0.05, 0) is 140 Å². The molecule has 0 saturated heterocycles. The number of alkyl carbamates (subject to hydrolysis) is 1. The number of aromatic hydroxyl groups is 2. The van der Waals surface area contributed by atoms with Gasteiger partial charge in [0.2, 0.25) is 0 Å². The standard InChI is InChI=1S/C57H78N6O7S/c1-35(2)7-6-8-36(3)44-17-18-45-42-13-9-37-31-41(19-21-55(37,4)46(42)20-22-56(44,45)5)68-54(67)62-30-28-60-26-24-58-23-25-59-27-29-61-53(71)63-38-10-14-47-43(32-38)52(66)70-57(47)48-15-11-39(64)33-50(48)69-51-34-40(65)12-16-49(51)57/h9-12,14-16,32-36,41-42,44-46,58-60,64-65H,6-8,13,17-31H2,1-5H3,(H,62,67)(H2,61,63,71)/t36-,41+,42+,44-,45+,46+,55+,56-/m1/s1. The maximum atomic E-state index is 13.5. The molecule has 0 unspecified atom stereocenters. The van der Waals surface area contributed by atoms with Crippen LogP contribution in [0.15, 0.2) is 66.2 Å². The number of phenols is 2. The summed E-state index contributed by atoms with van der Waals surface area (Å²) in [4.78, 5) is 26.3. The Labute approximate surface area is 426 Å². The summed E-state index contributed by atoms with van der Waals surface area (Å²) in [5.41, 5.74) is 3.74. The van der Waals surface area contributed by atoms with Crippen LogP contribution >= 0.6 is 12.2 Å². The lowest BCUT2D eigenvalue weighted by Gasteiger charge is -2.58. The number of allylic oxidation sites excluding steroid dienone is 1. The van der Waals surface area contributed by atoms with E-state index >= 15 is 0 Å². The smallest absolute Gasteiger partial charge is 0.407 e. The van der Waals surface area contributed by atoms with Crippen LogP contribution in [0.3, 0.4) is 0 Å². The Morgan fingerprint density at radius 2 is 1.42 bits per heavy atom. The summed E-state index contributed by atoms with van der Waals surface area (Å²) in [5, 5.41) is 40.4. The number of hydrogen-bond donors (Lipinski definition) is 8. The lowest BCUT2D eigenvalue weighted by atomic mass is 9.47. The van der Waals surface area contributed by atoms with Crippen LogP contribution in [0.5, 0.6) is 23.0 Å². The highest BCUT2D eigenvalue weighted by Gasteiger charge is 2.59. The number of phenolic OH excluding ortho intramolecular Hbond substituents is 2. The second kappa shape index (κ2) is 21.7. The number of carbonyl (C=O) groups excluding carboxylic acids is 2. The van der Waals surface area contributed by atoms with Gasteiger partial charge in [-0.25, -0.2) is 9.59 Å². The summed E-state index contributed by atoms with van der Waals surface area (Å²) in [6.45, 7) is 18.2. The molecule has 0 radical (unpaired) electrons. The van der Waals surface area contributed by atoms with E-state index in [1.54, 1.807) is 23.8 Å². The van der Waals surface area contributed by atoms with Gasteiger partial charge in [0.25, 0.3) is 0 Å². The maximum Gasteiger partial charge on any atom is 0.407 e. The number of esters is 1.